The third-order valence-corrected chi connectivity index (χ3v) is 4.49. The lowest BCUT2D eigenvalue weighted by atomic mass is 10.0. The first-order chi connectivity index (χ1) is 11.1. The van der Waals surface area contributed by atoms with Crippen LogP contribution in [0.2, 0.25) is 0 Å². The molecule has 1 aromatic carbocycles. The number of aromatic nitrogens is 2. The number of benzene rings is 1. The maximum Gasteiger partial charge on any atom is 0.273 e. The second-order valence-corrected chi connectivity index (χ2v) is 6.43. The molecule has 1 amide bonds. The zero-order chi connectivity index (χ0) is 16.2. The van der Waals surface area contributed by atoms with Gasteiger partial charge < -0.3 is 9.80 Å². The molecular formula is C18H24N4O. The Balaban J connectivity index is 1.54. The quantitative estimate of drug-likeness (QED) is 0.920. The lowest BCUT2D eigenvalue weighted by Crippen LogP contribution is -2.23. The fourth-order valence-electron chi connectivity index (χ4n) is 3.11. The number of nitrogens with one attached hydrogen (secondary N) is 1. The number of carbonyl (C=O) groups excluding carboxylic acids is 1. The van der Waals surface area contributed by atoms with Crippen LogP contribution in [0.1, 0.15) is 34.1 Å². The summed E-state index contributed by atoms with van der Waals surface area (Å²) in [6, 6.07) is 12.5. The molecule has 1 atom stereocenters. The Morgan fingerprint density at radius 1 is 1.35 bits per heavy atom. The van der Waals surface area contributed by atoms with E-state index >= 15 is 0 Å². The monoisotopic (exact) mass is 312 g/mol. The summed E-state index contributed by atoms with van der Waals surface area (Å²) in [6.45, 7) is 3.22. The molecule has 2 heterocycles. The predicted molar refractivity (Wildman–Crippen MR) is 90.5 cm³/mol. The van der Waals surface area contributed by atoms with Gasteiger partial charge in [0.1, 0.15) is 5.69 Å². The fraction of sp³-hybridized carbons (Fsp3) is 0.444. The fourth-order valence-corrected chi connectivity index (χ4v) is 3.11. The zero-order valence-corrected chi connectivity index (χ0v) is 13.8. The largest absolute Gasteiger partial charge is 0.343 e. The molecular weight excluding hydrogens is 288 g/mol. The number of amides is 1. The Kier molecular flexibility index (Phi) is 4.76. The number of nitrogens with zero attached hydrogens (tertiary/aromatic N) is 3. The van der Waals surface area contributed by atoms with Crippen molar-refractivity contribution in [2.24, 2.45) is 0 Å². The first-order valence-corrected chi connectivity index (χ1v) is 8.16. The summed E-state index contributed by atoms with van der Waals surface area (Å²) in [6.07, 6.45) is 2.20. The third-order valence-electron chi connectivity index (χ3n) is 4.49. The van der Waals surface area contributed by atoms with Gasteiger partial charge in [0.2, 0.25) is 0 Å². The van der Waals surface area contributed by atoms with Crippen LogP contribution in [0, 0.1) is 0 Å². The van der Waals surface area contributed by atoms with Gasteiger partial charge in [-0.1, -0.05) is 30.3 Å². The summed E-state index contributed by atoms with van der Waals surface area (Å²) < 4.78 is 0. The molecule has 0 saturated carbocycles. The molecule has 1 saturated heterocycles. The Morgan fingerprint density at radius 3 is 2.87 bits per heavy atom. The number of H-pyrrole nitrogens is 1. The molecule has 1 unspecified atom stereocenters. The molecule has 1 aliphatic heterocycles. The number of carbonyl (C=O) groups is 1. The first kappa shape index (κ1) is 15.7. The minimum absolute atomic E-state index is 0.0496. The Morgan fingerprint density at radius 2 is 2.13 bits per heavy atom. The molecule has 5 nitrogen and oxygen atoms in total. The smallest absolute Gasteiger partial charge is 0.273 e. The van der Waals surface area contributed by atoms with Gasteiger partial charge in [-0.25, -0.2) is 0 Å². The minimum Gasteiger partial charge on any atom is -0.343 e. The van der Waals surface area contributed by atoms with Crippen LogP contribution < -0.4 is 0 Å². The van der Waals surface area contributed by atoms with Crippen LogP contribution in [0.15, 0.2) is 36.4 Å². The van der Waals surface area contributed by atoms with Gasteiger partial charge in [0.05, 0.1) is 0 Å². The highest BCUT2D eigenvalue weighted by Crippen LogP contribution is 2.26. The van der Waals surface area contributed by atoms with Gasteiger partial charge in [0, 0.05) is 38.8 Å². The topological polar surface area (TPSA) is 52.2 Å². The summed E-state index contributed by atoms with van der Waals surface area (Å²) in [5.41, 5.74) is 2.97. The van der Waals surface area contributed by atoms with Crippen LogP contribution in [0.3, 0.4) is 0 Å². The van der Waals surface area contributed by atoms with Gasteiger partial charge in [0.25, 0.3) is 5.91 Å². The Bertz CT molecular complexity index is 650. The Labute approximate surface area is 137 Å². The van der Waals surface area contributed by atoms with Gasteiger partial charge in [-0.3, -0.25) is 9.89 Å². The van der Waals surface area contributed by atoms with Crippen LogP contribution in [-0.4, -0.2) is 59.6 Å². The lowest BCUT2D eigenvalue weighted by molar-refractivity contribution is 0.0822. The van der Waals surface area contributed by atoms with Crippen LogP contribution in [0.5, 0.6) is 0 Å². The lowest BCUT2D eigenvalue weighted by Gasteiger charge is -2.15. The van der Waals surface area contributed by atoms with Crippen LogP contribution in [-0.2, 0) is 6.42 Å². The summed E-state index contributed by atoms with van der Waals surface area (Å²) in [5.74, 6) is 0.397. The maximum atomic E-state index is 11.9. The second kappa shape index (κ2) is 6.96. The number of hydrogen-bond donors (Lipinski definition) is 1. The minimum atomic E-state index is -0.0496. The van der Waals surface area contributed by atoms with Crippen molar-refractivity contribution in [1.29, 1.82) is 0 Å². The molecule has 0 aliphatic carbocycles. The van der Waals surface area contributed by atoms with E-state index in [0.29, 0.717) is 11.6 Å². The summed E-state index contributed by atoms with van der Waals surface area (Å²) in [5, 5.41) is 7.22. The predicted octanol–water partition coefficient (Wildman–Crippen LogP) is 2.14. The average Bonchev–Trinajstić information content (AvgIpc) is 3.22. The van der Waals surface area contributed by atoms with E-state index in [1.165, 1.54) is 5.56 Å². The molecule has 1 aliphatic rings. The maximum absolute atomic E-state index is 11.9. The normalized spacial score (nSPS) is 18.3. The summed E-state index contributed by atoms with van der Waals surface area (Å²) in [7, 11) is 3.50. The van der Waals surface area contributed by atoms with E-state index in [2.05, 4.69) is 45.4 Å². The highest BCUT2D eigenvalue weighted by molar-refractivity contribution is 5.92. The molecule has 5 heteroatoms. The van der Waals surface area contributed by atoms with Gasteiger partial charge >= 0.3 is 0 Å². The first-order valence-electron chi connectivity index (χ1n) is 8.16. The van der Waals surface area contributed by atoms with Gasteiger partial charge in [0.15, 0.2) is 0 Å². The number of hydrogen-bond acceptors (Lipinski definition) is 3. The van der Waals surface area contributed by atoms with Crippen molar-refractivity contribution in [3.05, 3.63) is 53.3 Å². The number of aromatic amines is 1. The van der Waals surface area contributed by atoms with Crippen molar-refractivity contribution in [1.82, 2.24) is 20.0 Å². The van der Waals surface area contributed by atoms with Crippen molar-refractivity contribution in [3.8, 4) is 0 Å². The van der Waals surface area contributed by atoms with E-state index in [1.54, 1.807) is 19.0 Å². The van der Waals surface area contributed by atoms with E-state index in [1.807, 2.05) is 6.07 Å². The van der Waals surface area contributed by atoms with Crippen molar-refractivity contribution in [3.63, 3.8) is 0 Å². The highest BCUT2D eigenvalue weighted by atomic mass is 16.2. The second-order valence-electron chi connectivity index (χ2n) is 6.43. The zero-order valence-electron chi connectivity index (χ0n) is 13.8. The van der Waals surface area contributed by atoms with Crippen LogP contribution >= 0.6 is 0 Å². The van der Waals surface area contributed by atoms with Crippen molar-refractivity contribution < 1.29 is 4.79 Å². The molecule has 1 fully saturated rings. The van der Waals surface area contributed by atoms with E-state index in [9.17, 15) is 4.79 Å². The van der Waals surface area contributed by atoms with E-state index in [4.69, 9.17) is 0 Å². The average molecular weight is 312 g/mol. The van der Waals surface area contributed by atoms with E-state index < -0.39 is 0 Å². The van der Waals surface area contributed by atoms with Crippen LogP contribution in [0.25, 0.3) is 0 Å². The molecule has 2 aromatic rings. The number of rotatable bonds is 5. The SMILES string of the molecule is CN(C)C(=O)c1cc(C2CCN(CCc3ccccc3)C2)[nH]n1. The van der Waals surface area contributed by atoms with Crippen molar-refractivity contribution in [2.45, 2.75) is 18.8 Å². The molecule has 1 N–H and O–H groups in total. The third kappa shape index (κ3) is 3.79. The molecule has 122 valence electrons. The van der Waals surface area contributed by atoms with Gasteiger partial charge in [-0.15, -0.1) is 0 Å². The molecule has 3 rings (SSSR count). The van der Waals surface area contributed by atoms with Crippen molar-refractivity contribution >= 4 is 5.91 Å². The highest BCUT2D eigenvalue weighted by Gasteiger charge is 2.26. The molecule has 0 bridgehead atoms. The van der Waals surface area contributed by atoms with Crippen LogP contribution in [0.4, 0.5) is 0 Å². The summed E-state index contributed by atoms with van der Waals surface area (Å²) >= 11 is 0. The van der Waals surface area contributed by atoms with E-state index in [0.717, 1.165) is 38.2 Å². The molecule has 23 heavy (non-hydrogen) atoms. The summed E-state index contributed by atoms with van der Waals surface area (Å²) in [4.78, 5) is 16.0. The Hall–Kier alpha value is -2.14. The van der Waals surface area contributed by atoms with Gasteiger partial charge in [-0.05, 0) is 31.0 Å². The molecule has 0 spiro atoms. The molecule has 1 aromatic heterocycles. The standard InChI is InChI=1S/C18H24N4O/c1-21(2)18(23)17-12-16(19-20-17)15-9-11-22(13-15)10-8-14-6-4-3-5-7-14/h3-7,12,15H,8-11,13H2,1-2H3,(H,19,20). The van der Waals surface area contributed by atoms with Crippen molar-refractivity contribution in [2.75, 3.05) is 33.7 Å². The molecule has 0 radical (unpaired) electrons. The van der Waals surface area contributed by atoms with E-state index in [-0.39, 0.29) is 5.91 Å². The number of likely N-dealkylation sites (tertiary alicyclic amines) is 1. The van der Waals surface area contributed by atoms with Gasteiger partial charge in [-0.2, -0.15) is 5.10 Å².